The smallest absolute Gasteiger partial charge is 0.286 e. The highest BCUT2D eigenvalue weighted by Gasteiger charge is 2.18. The van der Waals surface area contributed by atoms with Gasteiger partial charge in [0, 0.05) is 23.7 Å². The molecule has 0 aliphatic heterocycles. The molecule has 1 heterocycles. The van der Waals surface area contributed by atoms with Crippen LogP contribution in [0.5, 0.6) is 0 Å². The first-order chi connectivity index (χ1) is 12.5. The van der Waals surface area contributed by atoms with E-state index in [1.54, 1.807) is 24.3 Å². The van der Waals surface area contributed by atoms with Gasteiger partial charge in [-0.05, 0) is 43.0 Å². The normalized spacial score (nSPS) is 14.6. The highest BCUT2D eigenvalue weighted by atomic mass is 32.1. The van der Waals surface area contributed by atoms with Crippen LogP contribution in [-0.2, 0) is 6.42 Å². The average molecular weight is 372 g/mol. The summed E-state index contributed by atoms with van der Waals surface area (Å²) in [5.41, 5.74) is 1.23. The minimum atomic E-state index is -0.277. The van der Waals surface area contributed by atoms with Crippen molar-refractivity contribution in [3.05, 3.63) is 39.8 Å². The number of nitrogens with one attached hydrogen (secondary N) is 2. The van der Waals surface area contributed by atoms with Crippen LogP contribution in [0.4, 0.5) is 5.69 Å². The van der Waals surface area contributed by atoms with Crippen LogP contribution in [0, 0.1) is 5.92 Å². The van der Waals surface area contributed by atoms with E-state index in [1.807, 2.05) is 0 Å². The molecule has 26 heavy (non-hydrogen) atoms. The van der Waals surface area contributed by atoms with Crippen LogP contribution in [0.3, 0.4) is 0 Å². The van der Waals surface area contributed by atoms with Crippen LogP contribution >= 0.6 is 11.3 Å². The van der Waals surface area contributed by atoms with Gasteiger partial charge in [0.1, 0.15) is 5.01 Å². The molecule has 0 saturated heterocycles. The minimum absolute atomic E-state index is 0.0581. The van der Waals surface area contributed by atoms with Crippen molar-refractivity contribution in [2.24, 2.45) is 5.92 Å². The molecule has 1 saturated carbocycles. The van der Waals surface area contributed by atoms with Crippen molar-refractivity contribution >= 4 is 28.8 Å². The topological polar surface area (TPSA) is 84.0 Å². The first kappa shape index (κ1) is 18.5. The van der Waals surface area contributed by atoms with E-state index in [0.717, 1.165) is 24.3 Å². The quantitative estimate of drug-likeness (QED) is 0.810. The van der Waals surface area contributed by atoms with Crippen LogP contribution in [0.25, 0.3) is 0 Å². The standard InChI is InChI=1S/C19H24N4O2S/c1-12(2)11-16-22-23-19(26-16)18(25)21-15-9-7-13(8-10-15)17(24)20-14-5-3-4-6-14/h7-10,12,14H,3-6,11H2,1-2H3,(H,20,24)(H,21,25). The third kappa shape index (κ3) is 4.88. The molecule has 0 unspecified atom stereocenters. The number of amides is 2. The van der Waals surface area contributed by atoms with E-state index >= 15 is 0 Å². The number of hydrogen-bond donors (Lipinski definition) is 2. The molecule has 2 aromatic rings. The van der Waals surface area contributed by atoms with E-state index in [1.165, 1.54) is 24.2 Å². The molecule has 2 N–H and O–H groups in total. The molecule has 0 radical (unpaired) electrons. The van der Waals surface area contributed by atoms with Gasteiger partial charge in [-0.1, -0.05) is 38.0 Å². The zero-order valence-corrected chi connectivity index (χ0v) is 15.9. The Labute approximate surface area is 157 Å². The van der Waals surface area contributed by atoms with Gasteiger partial charge in [-0.15, -0.1) is 10.2 Å². The number of carbonyl (C=O) groups excluding carboxylic acids is 2. The van der Waals surface area contributed by atoms with Crippen LogP contribution in [0.15, 0.2) is 24.3 Å². The van der Waals surface area contributed by atoms with E-state index in [-0.39, 0.29) is 11.8 Å². The molecule has 7 heteroatoms. The summed E-state index contributed by atoms with van der Waals surface area (Å²) in [6.07, 6.45) is 5.29. The molecule has 1 fully saturated rings. The Morgan fingerprint density at radius 1 is 1.12 bits per heavy atom. The van der Waals surface area contributed by atoms with Crippen LogP contribution in [0.2, 0.25) is 0 Å². The second kappa shape index (κ2) is 8.40. The van der Waals surface area contributed by atoms with Crippen molar-refractivity contribution < 1.29 is 9.59 Å². The third-order valence-corrected chi connectivity index (χ3v) is 5.28. The summed E-state index contributed by atoms with van der Waals surface area (Å²) in [7, 11) is 0. The Hall–Kier alpha value is -2.28. The summed E-state index contributed by atoms with van der Waals surface area (Å²) in [6, 6.07) is 7.21. The van der Waals surface area contributed by atoms with E-state index in [0.29, 0.717) is 28.2 Å². The predicted octanol–water partition coefficient (Wildman–Crippen LogP) is 3.66. The molecule has 138 valence electrons. The first-order valence-electron chi connectivity index (χ1n) is 9.06. The molecule has 1 aromatic heterocycles. The Bertz CT molecular complexity index is 764. The molecule has 2 amide bonds. The maximum Gasteiger partial charge on any atom is 0.286 e. The summed E-state index contributed by atoms with van der Waals surface area (Å²) in [5.74, 6) is 0.139. The summed E-state index contributed by atoms with van der Waals surface area (Å²) < 4.78 is 0. The lowest BCUT2D eigenvalue weighted by atomic mass is 10.1. The molecular formula is C19H24N4O2S. The van der Waals surface area contributed by atoms with Crippen LogP contribution < -0.4 is 10.6 Å². The third-order valence-electron chi connectivity index (χ3n) is 4.34. The first-order valence-corrected chi connectivity index (χ1v) is 9.87. The maximum atomic E-state index is 12.3. The largest absolute Gasteiger partial charge is 0.349 e. The second-order valence-corrected chi connectivity index (χ2v) is 8.15. The summed E-state index contributed by atoms with van der Waals surface area (Å²) in [6.45, 7) is 4.21. The summed E-state index contributed by atoms with van der Waals surface area (Å²) in [4.78, 5) is 24.5. The van der Waals surface area contributed by atoms with Crippen LogP contribution in [-0.4, -0.2) is 28.1 Å². The van der Waals surface area contributed by atoms with Gasteiger partial charge in [-0.2, -0.15) is 0 Å². The Morgan fingerprint density at radius 2 is 1.81 bits per heavy atom. The monoisotopic (exact) mass is 372 g/mol. The van der Waals surface area contributed by atoms with E-state index in [2.05, 4.69) is 34.7 Å². The highest BCUT2D eigenvalue weighted by Crippen LogP contribution is 2.19. The van der Waals surface area contributed by atoms with Gasteiger partial charge in [0.25, 0.3) is 11.8 Å². The van der Waals surface area contributed by atoms with Gasteiger partial charge in [0.2, 0.25) is 5.01 Å². The fraction of sp³-hybridized carbons (Fsp3) is 0.474. The number of carbonyl (C=O) groups is 2. The van der Waals surface area contributed by atoms with Crippen molar-refractivity contribution in [2.45, 2.75) is 52.0 Å². The minimum Gasteiger partial charge on any atom is -0.349 e. The lowest BCUT2D eigenvalue weighted by molar-refractivity contribution is 0.0937. The number of anilines is 1. The van der Waals surface area contributed by atoms with Crippen molar-refractivity contribution in [3.63, 3.8) is 0 Å². The van der Waals surface area contributed by atoms with Gasteiger partial charge in [-0.3, -0.25) is 9.59 Å². The molecule has 0 bridgehead atoms. The molecular weight excluding hydrogens is 348 g/mol. The van der Waals surface area contributed by atoms with Gasteiger partial charge >= 0.3 is 0 Å². The fourth-order valence-corrected chi connectivity index (χ4v) is 3.95. The Kier molecular flexibility index (Phi) is 5.98. The van der Waals surface area contributed by atoms with E-state index in [4.69, 9.17) is 0 Å². The second-order valence-electron chi connectivity index (χ2n) is 7.09. The molecule has 1 aliphatic carbocycles. The number of nitrogens with zero attached hydrogens (tertiary/aromatic N) is 2. The van der Waals surface area contributed by atoms with Gasteiger partial charge < -0.3 is 10.6 Å². The number of hydrogen-bond acceptors (Lipinski definition) is 5. The maximum absolute atomic E-state index is 12.3. The zero-order valence-electron chi connectivity index (χ0n) is 15.1. The van der Waals surface area contributed by atoms with E-state index < -0.39 is 0 Å². The lowest BCUT2D eigenvalue weighted by Crippen LogP contribution is -2.32. The predicted molar refractivity (Wildman–Crippen MR) is 103 cm³/mol. The summed E-state index contributed by atoms with van der Waals surface area (Å²) >= 11 is 1.32. The molecule has 0 spiro atoms. The molecule has 1 aromatic carbocycles. The van der Waals surface area contributed by atoms with E-state index in [9.17, 15) is 9.59 Å². The fourth-order valence-electron chi connectivity index (χ4n) is 3.01. The van der Waals surface area contributed by atoms with Crippen molar-refractivity contribution in [3.8, 4) is 0 Å². The molecule has 3 rings (SSSR count). The molecule has 0 atom stereocenters. The highest BCUT2D eigenvalue weighted by molar-refractivity contribution is 7.13. The summed E-state index contributed by atoms with van der Waals surface area (Å²) in [5, 5.41) is 15.1. The van der Waals surface area contributed by atoms with Gasteiger partial charge in [0.15, 0.2) is 0 Å². The molecule has 1 aliphatic rings. The van der Waals surface area contributed by atoms with Gasteiger partial charge in [-0.25, -0.2) is 0 Å². The lowest BCUT2D eigenvalue weighted by Gasteiger charge is -2.12. The van der Waals surface area contributed by atoms with Crippen LogP contribution in [0.1, 0.15) is 64.7 Å². The van der Waals surface area contributed by atoms with Gasteiger partial charge in [0.05, 0.1) is 0 Å². The number of aromatic nitrogens is 2. The Balaban J connectivity index is 1.57. The van der Waals surface area contributed by atoms with Crippen molar-refractivity contribution in [2.75, 3.05) is 5.32 Å². The van der Waals surface area contributed by atoms with Crippen molar-refractivity contribution in [1.82, 2.24) is 15.5 Å². The Morgan fingerprint density at radius 3 is 2.46 bits per heavy atom. The SMILES string of the molecule is CC(C)Cc1nnc(C(=O)Nc2ccc(C(=O)NC3CCCC3)cc2)s1. The molecule has 6 nitrogen and oxygen atoms in total. The zero-order chi connectivity index (χ0) is 18.5. The number of benzene rings is 1. The number of rotatable bonds is 6. The average Bonchev–Trinajstić information content (AvgIpc) is 3.27. The van der Waals surface area contributed by atoms with Crippen molar-refractivity contribution in [1.29, 1.82) is 0 Å².